The molecule has 0 bridgehead atoms. The summed E-state index contributed by atoms with van der Waals surface area (Å²) in [7, 11) is 1.64. The van der Waals surface area contributed by atoms with Gasteiger partial charge in [0.15, 0.2) is 5.82 Å². The van der Waals surface area contributed by atoms with Crippen molar-refractivity contribution in [2.75, 3.05) is 38.3 Å². The molecule has 144 valence electrons. The molecule has 27 heavy (non-hydrogen) atoms. The molecular weight excluding hydrogens is 360 g/mol. The van der Waals surface area contributed by atoms with Crippen LogP contribution in [0.2, 0.25) is 0 Å². The van der Waals surface area contributed by atoms with E-state index in [0.717, 1.165) is 41.7 Å². The van der Waals surface area contributed by atoms with Crippen LogP contribution < -0.4 is 10.2 Å². The van der Waals surface area contributed by atoms with Crippen LogP contribution in [0, 0.1) is 12.8 Å². The highest BCUT2D eigenvalue weighted by Gasteiger charge is 2.26. The molecule has 0 atom stereocenters. The van der Waals surface area contributed by atoms with E-state index < -0.39 is 0 Å². The minimum absolute atomic E-state index is 0.0580. The third-order valence-corrected chi connectivity index (χ3v) is 5.59. The van der Waals surface area contributed by atoms with Crippen molar-refractivity contribution < 1.29 is 9.53 Å². The van der Waals surface area contributed by atoms with Gasteiger partial charge in [0.2, 0.25) is 5.91 Å². The first-order valence-corrected chi connectivity index (χ1v) is 10.1. The summed E-state index contributed by atoms with van der Waals surface area (Å²) in [5, 5.41) is 3.85. The van der Waals surface area contributed by atoms with Crippen molar-refractivity contribution >= 4 is 23.5 Å². The van der Waals surface area contributed by atoms with E-state index >= 15 is 0 Å². The molecule has 0 saturated carbocycles. The Morgan fingerprint density at radius 1 is 1.30 bits per heavy atom. The van der Waals surface area contributed by atoms with Gasteiger partial charge in [-0.1, -0.05) is 29.5 Å². The third kappa shape index (κ3) is 5.43. The van der Waals surface area contributed by atoms with Gasteiger partial charge in [0, 0.05) is 50.0 Å². The quantitative estimate of drug-likeness (QED) is 0.738. The lowest BCUT2D eigenvalue weighted by atomic mass is 9.96. The Hall–Kier alpha value is -2.12. The van der Waals surface area contributed by atoms with Gasteiger partial charge in [0.25, 0.3) is 0 Å². The van der Waals surface area contributed by atoms with Gasteiger partial charge in [0.05, 0.1) is 6.61 Å². The maximum Gasteiger partial charge on any atom is 0.223 e. The summed E-state index contributed by atoms with van der Waals surface area (Å²) in [5.41, 5.74) is 1.23. The number of hydrogen-bond acceptors (Lipinski definition) is 6. The van der Waals surface area contributed by atoms with Crippen LogP contribution in [-0.2, 0) is 9.53 Å². The number of hydrogen-bond donors (Lipinski definition) is 1. The molecule has 1 aliphatic heterocycles. The molecule has 1 aromatic heterocycles. The zero-order chi connectivity index (χ0) is 19.1. The average molecular weight is 387 g/mol. The number of methoxy groups -OCH3 is 1. The van der Waals surface area contributed by atoms with E-state index in [9.17, 15) is 4.79 Å². The van der Waals surface area contributed by atoms with Crippen molar-refractivity contribution in [3.63, 3.8) is 0 Å². The summed E-state index contributed by atoms with van der Waals surface area (Å²) in [6.45, 7) is 4.82. The largest absolute Gasteiger partial charge is 0.383 e. The average Bonchev–Trinajstić information content (AvgIpc) is 2.69. The van der Waals surface area contributed by atoms with E-state index in [1.165, 1.54) is 5.56 Å². The monoisotopic (exact) mass is 386 g/mol. The summed E-state index contributed by atoms with van der Waals surface area (Å²) in [5.74, 6) is 1.09. The molecule has 0 unspecified atom stereocenters. The van der Waals surface area contributed by atoms with Gasteiger partial charge in [-0.3, -0.25) is 4.79 Å². The van der Waals surface area contributed by atoms with Crippen LogP contribution in [0.4, 0.5) is 5.82 Å². The van der Waals surface area contributed by atoms with Gasteiger partial charge >= 0.3 is 0 Å². The second-order valence-corrected chi connectivity index (χ2v) is 7.71. The molecule has 3 rings (SSSR count). The summed E-state index contributed by atoms with van der Waals surface area (Å²) in [6, 6.07) is 8.39. The van der Waals surface area contributed by atoms with Crippen molar-refractivity contribution in [1.29, 1.82) is 0 Å². The smallest absolute Gasteiger partial charge is 0.223 e. The number of piperidine rings is 1. The number of nitrogens with one attached hydrogen (secondary N) is 1. The minimum atomic E-state index is 0.0580. The molecule has 1 amide bonds. The van der Waals surface area contributed by atoms with Gasteiger partial charge in [0.1, 0.15) is 5.03 Å². The van der Waals surface area contributed by atoms with Crippen molar-refractivity contribution in [2.24, 2.45) is 5.92 Å². The molecule has 1 aromatic carbocycles. The lowest BCUT2D eigenvalue weighted by molar-refractivity contribution is -0.125. The van der Waals surface area contributed by atoms with Crippen LogP contribution in [0.3, 0.4) is 0 Å². The maximum absolute atomic E-state index is 12.2. The van der Waals surface area contributed by atoms with Crippen molar-refractivity contribution in [3.8, 4) is 0 Å². The highest BCUT2D eigenvalue weighted by molar-refractivity contribution is 7.99. The molecular formula is C20H26N4O2S. The zero-order valence-corrected chi connectivity index (χ0v) is 16.7. The Kier molecular flexibility index (Phi) is 7.06. The Labute approximate surface area is 164 Å². The van der Waals surface area contributed by atoms with Crippen LogP contribution >= 0.6 is 11.8 Å². The summed E-state index contributed by atoms with van der Waals surface area (Å²) in [6.07, 6.45) is 5.12. The van der Waals surface area contributed by atoms with E-state index in [1.54, 1.807) is 31.3 Å². The molecule has 0 aliphatic carbocycles. The van der Waals surface area contributed by atoms with E-state index in [-0.39, 0.29) is 11.8 Å². The zero-order valence-electron chi connectivity index (χ0n) is 15.9. The number of aromatic nitrogens is 2. The molecule has 1 aliphatic rings. The third-order valence-electron chi connectivity index (χ3n) is 4.62. The number of anilines is 1. The molecule has 0 spiro atoms. The first kappa shape index (κ1) is 19.6. The number of nitrogens with zero attached hydrogens (tertiary/aromatic N) is 3. The number of carbonyl (C=O) groups excluding carboxylic acids is 1. The highest BCUT2D eigenvalue weighted by Crippen LogP contribution is 2.34. The lowest BCUT2D eigenvalue weighted by Crippen LogP contribution is -2.41. The Morgan fingerprint density at radius 3 is 2.81 bits per heavy atom. The van der Waals surface area contributed by atoms with Gasteiger partial charge in [-0.15, -0.1) is 0 Å². The van der Waals surface area contributed by atoms with Gasteiger partial charge in [-0.25, -0.2) is 9.97 Å². The predicted octanol–water partition coefficient (Wildman–Crippen LogP) is 2.92. The summed E-state index contributed by atoms with van der Waals surface area (Å²) >= 11 is 1.63. The summed E-state index contributed by atoms with van der Waals surface area (Å²) in [4.78, 5) is 24.8. The normalized spacial score (nSPS) is 15.0. The Balaban J connectivity index is 1.62. The molecule has 1 saturated heterocycles. The van der Waals surface area contributed by atoms with Crippen molar-refractivity contribution in [2.45, 2.75) is 29.7 Å². The predicted molar refractivity (Wildman–Crippen MR) is 107 cm³/mol. The fourth-order valence-electron chi connectivity index (χ4n) is 3.17. The molecule has 0 radical (unpaired) electrons. The first-order chi connectivity index (χ1) is 13.2. The topological polar surface area (TPSA) is 67.3 Å². The Bertz CT molecular complexity index is 763. The van der Waals surface area contributed by atoms with Gasteiger partial charge < -0.3 is 15.0 Å². The maximum atomic E-state index is 12.2. The number of aryl methyl sites for hydroxylation is 1. The molecule has 2 heterocycles. The van der Waals surface area contributed by atoms with Gasteiger partial charge in [-0.2, -0.15) is 0 Å². The van der Waals surface area contributed by atoms with Crippen molar-refractivity contribution in [1.82, 2.24) is 15.3 Å². The SMILES string of the molecule is COCCNC(=O)C1CCN(c2nccnc2Sc2cccc(C)c2)CC1. The number of ether oxygens (including phenoxy) is 1. The van der Waals surface area contributed by atoms with Crippen LogP contribution in [0.15, 0.2) is 46.6 Å². The van der Waals surface area contributed by atoms with Crippen LogP contribution in [0.25, 0.3) is 0 Å². The number of amides is 1. The number of rotatable bonds is 7. The van der Waals surface area contributed by atoms with Crippen LogP contribution in [-0.4, -0.2) is 49.2 Å². The number of carbonyl (C=O) groups is 1. The minimum Gasteiger partial charge on any atom is -0.383 e. The standard InChI is InChI=1S/C20H26N4O2S/c1-15-4-3-5-17(14-15)27-20-18(21-8-9-23-20)24-11-6-16(7-12-24)19(25)22-10-13-26-2/h3-5,8-9,14,16H,6-7,10-13H2,1-2H3,(H,22,25). The summed E-state index contributed by atoms with van der Waals surface area (Å²) < 4.78 is 4.98. The highest BCUT2D eigenvalue weighted by atomic mass is 32.2. The van der Waals surface area contributed by atoms with E-state index in [1.807, 2.05) is 0 Å². The molecule has 2 aromatic rings. The van der Waals surface area contributed by atoms with Crippen molar-refractivity contribution in [3.05, 3.63) is 42.2 Å². The van der Waals surface area contributed by atoms with E-state index in [4.69, 9.17) is 4.74 Å². The van der Waals surface area contributed by atoms with Gasteiger partial charge in [-0.05, 0) is 31.9 Å². The number of benzene rings is 1. The lowest BCUT2D eigenvalue weighted by Gasteiger charge is -2.32. The molecule has 7 heteroatoms. The second kappa shape index (κ2) is 9.71. The fourth-order valence-corrected chi connectivity index (χ4v) is 4.17. The van der Waals surface area contributed by atoms with E-state index in [0.29, 0.717) is 13.2 Å². The van der Waals surface area contributed by atoms with Crippen LogP contribution in [0.5, 0.6) is 0 Å². The molecule has 1 N–H and O–H groups in total. The van der Waals surface area contributed by atoms with Crippen LogP contribution in [0.1, 0.15) is 18.4 Å². The Morgan fingerprint density at radius 2 is 2.07 bits per heavy atom. The first-order valence-electron chi connectivity index (χ1n) is 9.24. The van der Waals surface area contributed by atoms with E-state index in [2.05, 4.69) is 51.4 Å². The second-order valence-electron chi connectivity index (χ2n) is 6.65. The molecule has 6 nitrogen and oxygen atoms in total. The fraction of sp³-hybridized carbons (Fsp3) is 0.450. The molecule has 1 fully saturated rings.